The van der Waals surface area contributed by atoms with Crippen LogP contribution in [-0.2, 0) is 9.53 Å². The predicted octanol–water partition coefficient (Wildman–Crippen LogP) is 0.330. The van der Waals surface area contributed by atoms with E-state index in [2.05, 4.69) is 10.6 Å². The van der Waals surface area contributed by atoms with E-state index in [0.717, 1.165) is 0 Å². The second-order valence-electron chi connectivity index (χ2n) is 4.97. The van der Waals surface area contributed by atoms with E-state index >= 15 is 0 Å². The SMILES string of the molecule is CC(C)NC(=O)NC(=O)C(C)N1CCOC(C)C1. The Bertz CT molecular complexity index is 307. The molecule has 0 aromatic carbocycles. The lowest BCUT2D eigenvalue weighted by Crippen LogP contribution is -2.54. The first kappa shape index (κ1) is 14.9. The van der Waals surface area contributed by atoms with Gasteiger partial charge in [0, 0.05) is 19.1 Å². The summed E-state index contributed by atoms with van der Waals surface area (Å²) in [5.41, 5.74) is 0. The van der Waals surface area contributed by atoms with Crippen molar-refractivity contribution in [2.75, 3.05) is 19.7 Å². The van der Waals surface area contributed by atoms with Gasteiger partial charge in [0.15, 0.2) is 0 Å². The van der Waals surface area contributed by atoms with Crippen LogP contribution < -0.4 is 10.6 Å². The van der Waals surface area contributed by atoms with Crippen molar-refractivity contribution in [3.8, 4) is 0 Å². The largest absolute Gasteiger partial charge is 0.376 e. The van der Waals surface area contributed by atoms with Gasteiger partial charge in [-0.15, -0.1) is 0 Å². The fourth-order valence-corrected chi connectivity index (χ4v) is 1.88. The minimum absolute atomic E-state index is 0.0107. The molecule has 2 atom stereocenters. The molecule has 2 unspecified atom stereocenters. The molecule has 1 heterocycles. The number of hydrogen-bond acceptors (Lipinski definition) is 4. The minimum atomic E-state index is -0.442. The normalized spacial score (nSPS) is 22.6. The van der Waals surface area contributed by atoms with Gasteiger partial charge in [0.25, 0.3) is 0 Å². The molecule has 1 saturated heterocycles. The molecule has 2 N–H and O–H groups in total. The number of nitrogens with one attached hydrogen (secondary N) is 2. The van der Waals surface area contributed by atoms with Crippen LogP contribution in [0.4, 0.5) is 4.79 Å². The van der Waals surface area contributed by atoms with Gasteiger partial charge in [-0.1, -0.05) is 0 Å². The highest BCUT2D eigenvalue weighted by Crippen LogP contribution is 2.08. The third kappa shape index (κ3) is 4.62. The topological polar surface area (TPSA) is 70.7 Å². The zero-order chi connectivity index (χ0) is 13.7. The van der Waals surface area contributed by atoms with E-state index in [1.165, 1.54) is 0 Å². The molecule has 18 heavy (non-hydrogen) atoms. The second kappa shape index (κ2) is 6.70. The summed E-state index contributed by atoms with van der Waals surface area (Å²) in [5.74, 6) is -0.276. The van der Waals surface area contributed by atoms with Crippen LogP contribution in [0, 0.1) is 0 Å². The summed E-state index contributed by atoms with van der Waals surface area (Å²) in [6.07, 6.45) is 0.124. The van der Waals surface area contributed by atoms with Crippen LogP contribution in [0.25, 0.3) is 0 Å². The van der Waals surface area contributed by atoms with Crippen molar-refractivity contribution in [1.29, 1.82) is 0 Å². The zero-order valence-electron chi connectivity index (χ0n) is 11.5. The summed E-state index contributed by atoms with van der Waals surface area (Å²) in [4.78, 5) is 25.3. The van der Waals surface area contributed by atoms with Gasteiger partial charge in [-0.25, -0.2) is 4.79 Å². The third-order valence-corrected chi connectivity index (χ3v) is 2.86. The van der Waals surface area contributed by atoms with E-state index in [1.54, 1.807) is 6.92 Å². The average molecular weight is 257 g/mol. The van der Waals surface area contributed by atoms with E-state index < -0.39 is 6.03 Å². The minimum Gasteiger partial charge on any atom is -0.376 e. The predicted molar refractivity (Wildman–Crippen MR) is 68.3 cm³/mol. The molecule has 1 aliphatic rings. The van der Waals surface area contributed by atoms with Crippen LogP contribution in [0.3, 0.4) is 0 Å². The number of amides is 3. The molecule has 0 aliphatic carbocycles. The first-order valence-electron chi connectivity index (χ1n) is 6.37. The molecule has 0 saturated carbocycles. The quantitative estimate of drug-likeness (QED) is 0.764. The number of carbonyl (C=O) groups excluding carboxylic acids is 2. The highest BCUT2D eigenvalue weighted by molar-refractivity contribution is 5.96. The molecule has 0 bridgehead atoms. The molecule has 1 rings (SSSR count). The first-order chi connectivity index (χ1) is 8.40. The summed E-state index contributed by atoms with van der Waals surface area (Å²) in [6.45, 7) is 9.51. The molecule has 1 aliphatic heterocycles. The van der Waals surface area contributed by atoms with Crippen LogP contribution in [-0.4, -0.2) is 54.7 Å². The molecule has 104 valence electrons. The van der Waals surface area contributed by atoms with Gasteiger partial charge in [-0.2, -0.15) is 0 Å². The number of urea groups is 1. The lowest BCUT2D eigenvalue weighted by molar-refractivity contribution is -0.127. The molecular weight excluding hydrogens is 234 g/mol. The van der Waals surface area contributed by atoms with Crippen molar-refractivity contribution in [2.45, 2.75) is 45.9 Å². The molecule has 6 nitrogen and oxygen atoms in total. The summed E-state index contributed by atoms with van der Waals surface area (Å²) in [6, 6.07) is -0.756. The van der Waals surface area contributed by atoms with Gasteiger partial charge in [0.2, 0.25) is 5.91 Å². The van der Waals surface area contributed by atoms with E-state index in [-0.39, 0.29) is 24.1 Å². The maximum atomic E-state index is 11.9. The summed E-state index contributed by atoms with van der Waals surface area (Å²) < 4.78 is 5.42. The Labute approximate surface area is 108 Å². The molecule has 0 aromatic rings. The van der Waals surface area contributed by atoms with Crippen molar-refractivity contribution in [3.05, 3.63) is 0 Å². The fraction of sp³-hybridized carbons (Fsp3) is 0.833. The number of rotatable bonds is 3. The van der Waals surface area contributed by atoms with Gasteiger partial charge < -0.3 is 10.1 Å². The number of hydrogen-bond donors (Lipinski definition) is 2. The average Bonchev–Trinajstić information content (AvgIpc) is 2.26. The van der Waals surface area contributed by atoms with Gasteiger partial charge >= 0.3 is 6.03 Å². The number of carbonyl (C=O) groups is 2. The Morgan fingerprint density at radius 1 is 1.33 bits per heavy atom. The fourth-order valence-electron chi connectivity index (χ4n) is 1.88. The van der Waals surface area contributed by atoms with Crippen molar-refractivity contribution in [2.24, 2.45) is 0 Å². The van der Waals surface area contributed by atoms with Crippen LogP contribution >= 0.6 is 0 Å². The number of ether oxygens (including phenoxy) is 1. The summed E-state index contributed by atoms with van der Waals surface area (Å²) in [7, 11) is 0. The lowest BCUT2D eigenvalue weighted by Gasteiger charge is -2.34. The van der Waals surface area contributed by atoms with Gasteiger partial charge in [0.1, 0.15) is 0 Å². The van der Waals surface area contributed by atoms with Crippen LogP contribution in [0.2, 0.25) is 0 Å². The van der Waals surface area contributed by atoms with E-state index in [4.69, 9.17) is 4.74 Å². The first-order valence-corrected chi connectivity index (χ1v) is 6.37. The molecule has 0 radical (unpaired) electrons. The van der Waals surface area contributed by atoms with Crippen LogP contribution in [0.1, 0.15) is 27.7 Å². The van der Waals surface area contributed by atoms with E-state index in [9.17, 15) is 9.59 Å². The van der Waals surface area contributed by atoms with Crippen molar-refractivity contribution in [3.63, 3.8) is 0 Å². The molecule has 3 amide bonds. The highest BCUT2D eigenvalue weighted by Gasteiger charge is 2.26. The van der Waals surface area contributed by atoms with Crippen LogP contribution in [0.15, 0.2) is 0 Å². The Balaban J connectivity index is 2.43. The Hall–Kier alpha value is -1.14. The monoisotopic (exact) mass is 257 g/mol. The summed E-state index contributed by atoms with van der Waals surface area (Å²) >= 11 is 0. The molecule has 0 spiro atoms. The van der Waals surface area contributed by atoms with E-state index in [1.807, 2.05) is 25.7 Å². The Morgan fingerprint density at radius 3 is 2.56 bits per heavy atom. The molecule has 0 aromatic heterocycles. The summed E-state index contributed by atoms with van der Waals surface area (Å²) in [5, 5.41) is 4.98. The maximum absolute atomic E-state index is 11.9. The number of morpholine rings is 1. The van der Waals surface area contributed by atoms with Crippen molar-refractivity contribution < 1.29 is 14.3 Å². The van der Waals surface area contributed by atoms with Gasteiger partial charge in [0.05, 0.1) is 18.8 Å². The zero-order valence-corrected chi connectivity index (χ0v) is 11.5. The smallest absolute Gasteiger partial charge is 0.321 e. The Kier molecular flexibility index (Phi) is 5.55. The lowest BCUT2D eigenvalue weighted by atomic mass is 10.2. The van der Waals surface area contributed by atoms with Crippen molar-refractivity contribution in [1.82, 2.24) is 15.5 Å². The second-order valence-corrected chi connectivity index (χ2v) is 4.97. The standard InChI is InChI=1S/C12H23N3O3/c1-8(2)13-12(17)14-11(16)10(4)15-5-6-18-9(3)7-15/h8-10H,5-7H2,1-4H3,(H2,13,14,16,17). The van der Waals surface area contributed by atoms with Crippen molar-refractivity contribution >= 4 is 11.9 Å². The number of imide groups is 1. The van der Waals surface area contributed by atoms with Gasteiger partial charge in [-0.05, 0) is 27.7 Å². The van der Waals surface area contributed by atoms with Gasteiger partial charge in [-0.3, -0.25) is 15.0 Å². The van der Waals surface area contributed by atoms with Crippen LogP contribution in [0.5, 0.6) is 0 Å². The Morgan fingerprint density at radius 2 is 2.00 bits per heavy atom. The molecular formula is C12H23N3O3. The number of nitrogens with zero attached hydrogens (tertiary/aromatic N) is 1. The molecule has 6 heteroatoms. The third-order valence-electron chi connectivity index (χ3n) is 2.86. The maximum Gasteiger partial charge on any atom is 0.321 e. The van der Waals surface area contributed by atoms with E-state index in [0.29, 0.717) is 19.7 Å². The molecule has 1 fully saturated rings. The highest BCUT2D eigenvalue weighted by atomic mass is 16.5.